The molecule has 0 radical (unpaired) electrons. The second-order valence-corrected chi connectivity index (χ2v) is 5.26. The number of rotatable bonds is 4. The standard InChI is InChI=1S/C13H19BrN2O/c1-11-10-12(14)2-3-13(11)15-4-5-16-6-8-17-9-7-16/h2-3,10,15H,4-9H2,1H3. The Balaban J connectivity index is 1.77. The molecule has 1 N–H and O–H groups in total. The molecule has 0 atom stereocenters. The van der Waals surface area contributed by atoms with E-state index in [1.807, 2.05) is 0 Å². The highest BCUT2D eigenvalue weighted by molar-refractivity contribution is 9.10. The minimum Gasteiger partial charge on any atom is -0.384 e. The highest BCUT2D eigenvalue weighted by Crippen LogP contribution is 2.19. The summed E-state index contributed by atoms with van der Waals surface area (Å²) in [5.74, 6) is 0. The third-order valence-corrected chi connectivity index (χ3v) is 3.53. The van der Waals surface area contributed by atoms with Gasteiger partial charge in [-0.15, -0.1) is 0 Å². The average Bonchev–Trinajstić information content (AvgIpc) is 2.33. The minimum absolute atomic E-state index is 0.872. The Kier molecular flexibility index (Phi) is 4.83. The summed E-state index contributed by atoms with van der Waals surface area (Å²) in [5, 5.41) is 3.48. The molecule has 0 bridgehead atoms. The van der Waals surface area contributed by atoms with Crippen LogP contribution in [-0.2, 0) is 4.74 Å². The summed E-state index contributed by atoms with van der Waals surface area (Å²) in [7, 11) is 0. The molecule has 1 saturated heterocycles. The zero-order valence-electron chi connectivity index (χ0n) is 10.2. The Morgan fingerprint density at radius 1 is 1.35 bits per heavy atom. The Bertz CT molecular complexity index is 364. The van der Waals surface area contributed by atoms with Crippen molar-refractivity contribution in [2.75, 3.05) is 44.7 Å². The van der Waals surface area contributed by atoms with Gasteiger partial charge >= 0.3 is 0 Å². The van der Waals surface area contributed by atoms with Crippen molar-refractivity contribution in [3.05, 3.63) is 28.2 Å². The van der Waals surface area contributed by atoms with Crippen LogP contribution in [0.2, 0.25) is 0 Å². The predicted octanol–water partition coefficient (Wildman–Crippen LogP) is 2.50. The van der Waals surface area contributed by atoms with E-state index in [9.17, 15) is 0 Å². The first-order chi connectivity index (χ1) is 8.25. The number of nitrogens with zero attached hydrogens (tertiary/aromatic N) is 1. The van der Waals surface area contributed by atoms with E-state index < -0.39 is 0 Å². The average molecular weight is 299 g/mol. The maximum absolute atomic E-state index is 5.33. The number of anilines is 1. The largest absolute Gasteiger partial charge is 0.384 e. The summed E-state index contributed by atoms with van der Waals surface area (Å²) < 4.78 is 6.46. The summed E-state index contributed by atoms with van der Waals surface area (Å²) in [6.07, 6.45) is 0. The van der Waals surface area contributed by atoms with Crippen LogP contribution in [0.3, 0.4) is 0 Å². The fraction of sp³-hybridized carbons (Fsp3) is 0.538. The molecule has 1 fully saturated rings. The Hall–Kier alpha value is -0.580. The van der Waals surface area contributed by atoms with E-state index in [-0.39, 0.29) is 0 Å². The van der Waals surface area contributed by atoms with Crippen LogP contribution in [-0.4, -0.2) is 44.3 Å². The van der Waals surface area contributed by atoms with Gasteiger partial charge in [0.2, 0.25) is 0 Å². The second-order valence-electron chi connectivity index (χ2n) is 4.34. The Morgan fingerprint density at radius 2 is 2.12 bits per heavy atom. The van der Waals surface area contributed by atoms with Crippen LogP contribution in [0.5, 0.6) is 0 Å². The normalized spacial score (nSPS) is 17.1. The first-order valence-corrected chi connectivity index (χ1v) is 6.85. The maximum atomic E-state index is 5.33. The smallest absolute Gasteiger partial charge is 0.0594 e. The molecule has 1 aromatic rings. The number of halogens is 1. The van der Waals surface area contributed by atoms with Crippen LogP contribution in [0.25, 0.3) is 0 Å². The van der Waals surface area contributed by atoms with Crippen molar-refractivity contribution in [1.29, 1.82) is 0 Å². The first kappa shape index (κ1) is 12.9. The van der Waals surface area contributed by atoms with Gasteiger partial charge in [0, 0.05) is 36.3 Å². The first-order valence-electron chi connectivity index (χ1n) is 6.06. The fourth-order valence-corrected chi connectivity index (χ4v) is 2.47. The van der Waals surface area contributed by atoms with E-state index in [2.05, 4.69) is 51.3 Å². The molecule has 1 aliphatic heterocycles. The lowest BCUT2D eigenvalue weighted by Crippen LogP contribution is -2.39. The third-order valence-electron chi connectivity index (χ3n) is 3.04. The lowest BCUT2D eigenvalue weighted by molar-refractivity contribution is 0.0398. The van der Waals surface area contributed by atoms with Gasteiger partial charge < -0.3 is 10.1 Å². The van der Waals surface area contributed by atoms with Gasteiger partial charge in [-0.05, 0) is 30.7 Å². The number of nitrogens with one attached hydrogen (secondary N) is 1. The van der Waals surface area contributed by atoms with Gasteiger partial charge in [-0.3, -0.25) is 4.90 Å². The lowest BCUT2D eigenvalue weighted by Gasteiger charge is -2.26. The van der Waals surface area contributed by atoms with Gasteiger partial charge in [-0.1, -0.05) is 15.9 Å². The van der Waals surface area contributed by atoms with E-state index >= 15 is 0 Å². The SMILES string of the molecule is Cc1cc(Br)ccc1NCCN1CCOCC1. The summed E-state index contributed by atoms with van der Waals surface area (Å²) in [6, 6.07) is 6.33. The molecule has 94 valence electrons. The lowest BCUT2D eigenvalue weighted by atomic mass is 10.2. The van der Waals surface area contributed by atoms with Crippen LogP contribution in [0.1, 0.15) is 5.56 Å². The molecule has 4 heteroatoms. The minimum atomic E-state index is 0.872. The van der Waals surface area contributed by atoms with Crippen LogP contribution in [0, 0.1) is 6.92 Å². The quantitative estimate of drug-likeness (QED) is 0.924. The maximum Gasteiger partial charge on any atom is 0.0594 e. The monoisotopic (exact) mass is 298 g/mol. The topological polar surface area (TPSA) is 24.5 Å². The number of morpholine rings is 1. The molecular formula is C13H19BrN2O. The summed E-state index contributed by atoms with van der Waals surface area (Å²) in [6.45, 7) is 8.06. The Labute approximate surface area is 111 Å². The van der Waals surface area contributed by atoms with Crippen LogP contribution in [0.4, 0.5) is 5.69 Å². The number of benzene rings is 1. The predicted molar refractivity (Wildman–Crippen MR) is 74.6 cm³/mol. The van der Waals surface area contributed by atoms with Crippen molar-refractivity contribution in [3.8, 4) is 0 Å². The van der Waals surface area contributed by atoms with Gasteiger partial charge in [-0.2, -0.15) is 0 Å². The van der Waals surface area contributed by atoms with E-state index in [1.165, 1.54) is 11.3 Å². The summed E-state index contributed by atoms with van der Waals surface area (Å²) >= 11 is 3.48. The van der Waals surface area contributed by atoms with Crippen LogP contribution >= 0.6 is 15.9 Å². The van der Waals surface area contributed by atoms with E-state index in [4.69, 9.17) is 4.74 Å². The molecule has 0 saturated carbocycles. The molecule has 0 amide bonds. The van der Waals surface area contributed by atoms with E-state index in [1.54, 1.807) is 0 Å². The molecule has 0 aromatic heterocycles. The van der Waals surface area contributed by atoms with Crippen molar-refractivity contribution in [1.82, 2.24) is 4.90 Å². The van der Waals surface area contributed by atoms with E-state index in [0.717, 1.165) is 43.9 Å². The molecular weight excluding hydrogens is 280 g/mol. The van der Waals surface area contributed by atoms with Crippen molar-refractivity contribution >= 4 is 21.6 Å². The number of hydrogen-bond acceptors (Lipinski definition) is 3. The molecule has 1 aromatic carbocycles. The van der Waals surface area contributed by atoms with Gasteiger partial charge in [0.15, 0.2) is 0 Å². The zero-order valence-corrected chi connectivity index (χ0v) is 11.8. The molecule has 2 rings (SSSR count). The van der Waals surface area contributed by atoms with E-state index in [0.29, 0.717) is 0 Å². The second kappa shape index (κ2) is 6.38. The van der Waals surface area contributed by atoms with Gasteiger partial charge in [-0.25, -0.2) is 0 Å². The number of aryl methyl sites for hydroxylation is 1. The van der Waals surface area contributed by atoms with Gasteiger partial charge in [0.1, 0.15) is 0 Å². The molecule has 17 heavy (non-hydrogen) atoms. The molecule has 1 heterocycles. The summed E-state index contributed by atoms with van der Waals surface area (Å²) in [5.41, 5.74) is 2.50. The molecule has 0 aliphatic carbocycles. The Morgan fingerprint density at radius 3 is 2.82 bits per heavy atom. The van der Waals surface area contributed by atoms with Crippen LogP contribution < -0.4 is 5.32 Å². The van der Waals surface area contributed by atoms with Gasteiger partial charge in [0.05, 0.1) is 13.2 Å². The number of hydrogen-bond donors (Lipinski definition) is 1. The highest BCUT2D eigenvalue weighted by Gasteiger charge is 2.09. The highest BCUT2D eigenvalue weighted by atomic mass is 79.9. The molecule has 0 unspecified atom stereocenters. The third kappa shape index (κ3) is 3.98. The van der Waals surface area contributed by atoms with Crippen LogP contribution in [0.15, 0.2) is 22.7 Å². The number of ether oxygens (including phenoxy) is 1. The molecule has 1 aliphatic rings. The van der Waals surface area contributed by atoms with Crippen molar-refractivity contribution in [2.24, 2.45) is 0 Å². The fourth-order valence-electron chi connectivity index (χ4n) is 2.00. The van der Waals surface area contributed by atoms with Crippen molar-refractivity contribution < 1.29 is 4.74 Å². The molecule has 0 spiro atoms. The van der Waals surface area contributed by atoms with Crippen molar-refractivity contribution in [2.45, 2.75) is 6.92 Å². The zero-order chi connectivity index (χ0) is 12.1. The molecule has 3 nitrogen and oxygen atoms in total. The van der Waals surface area contributed by atoms with Gasteiger partial charge in [0.25, 0.3) is 0 Å². The van der Waals surface area contributed by atoms with Crippen molar-refractivity contribution in [3.63, 3.8) is 0 Å². The summed E-state index contributed by atoms with van der Waals surface area (Å²) in [4.78, 5) is 2.44.